The zero-order chi connectivity index (χ0) is 15.1. The molecule has 0 spiro atoms. The molecule has 0 radical (unpaired) electrons. The summed E-state index contributed by atoms with van der Waals surface area (Å²) < 4.78 is 10.7. The van der Waals surface area contributed by atoms with Crippen LogP contribution in [-0.2, 0) is 14.3 Å². The highest BCUT2D eigenvalue weighted by Crippen LogP contribution is 2.24. The van der Waals surface area contributed by atoms with Gasteiger partial charge in [0.25, 0.3) is 0 Å². The monoisotopic (exact) mass is 293 g/mol. The van der Waals surface area contributed by atoms with Crippen LogP contribution >= 0.6 is 0 Å². The van der Waals surface area contributed by atoms with Crippen LogP contribution in [0.1, 0.15) is 6.42 Å². The first-order chi connectivity index (χ1) is 10.2. The molecule has 7 heteroatoms. The first kappa shape index (κ1) is 15.3. The van der Waals surface area contributed by atoms with Gasteiger partial charge in [0.2, 0.25) is 11.8 Å². The summed E-state index contributed by atoms with van der Waals surface area (Å²) in [5, 5.41) is 5.87. The molecule has 0 bridgehead atoms. The molecule has 0 aliphatic carbocycles. The van der Waals surface area contributed by atoms with Crippen molar-refractivity contribution >= 4 is 17.5 Å². The second-order valence-electron chi connectivity index (χ2n) is 4.63. The molecule has 1 aliphatic heterocycles. The van der Waals surface area contributed by atoms with Gasteiger partial charge in [-0.25, -0.2) is 0 Å². The van der Waals surface area contributed by atoms with E-state index in [0.717, 1.165) is 0 Å². The number of benzene rings is 1. The van der Waals surface area contributed by atoms with Crippen molar-refractivity contribution in [2.45, 2.75) is 12.5 Å². The number of nitrogens with one attached hydrogen (secondary N) is 2. The number of hydrogen-bond donors (Lipinski definition) is 3. The number of ether oxygens (including phenoxy) is 2. The number of amides is 2. The van der Waals surface area contributed by atoms with Crippen LogP contribution in [0.3, 0.4) is 0 Å². The molecular weight excluding hydrogens is 274 g/mol. The Balaban J connectivity index is 1.95. The largest absolute Gasteiger partial charge is 0.491 e. The maximum atomic E-state index is 12.1. The SMILES string of the molecule is NC(=O)CCOc1ccccc1NC(=O)C1COCCN1. The number of hydrogen-bond acceptors (Lipinski definition) is 5. The smallest absolute Gasteiger partial charge is 0.244 e. The second kappa shape index (κ2) is 7.61. The Kier molecular flexibility index (Phi) is 5.53. The number of carbonyl (C=O) groups is 2. The summed E-state index contributed by atoms with van der Waals surface area (Å²) in [4.78, 5) is 22.8. The Morgan fingerprint density at radius 1 is 1.43 bits per heavy atom. The molecule has 1 heterocycles. The zero-order valence-electron chi connectivity index (χ0n) is 11.6. The molecule has 0 aromatic heterocycles. The van der Waals surface area contributed by atoms with Crippen LogP contribution in [0, 0.1) is 0 Å². The molecule has 114 valence electrons. The molecule has 1 unspecified atom stereocenters. The Bertz CT molecular complexity index is 501. The topological polar surface area (TPSA) is 103 Å². The maximum absolute atomic E-state index is 12.1. The van der Waals surface area contributed by atoms with Gasteiger partial charge in [0.15, 0.2) is 0 Å². The highest BCUT2D eigenvalue weighted by atomic mass is 16.5. The number of carbonyl (C=O) groups excluding carboxylic acids is 2. The van der Waals surface area contributed by atoms with Crippen molar-refractivity contribution in [3.8, 4) is 5.75 Å². The number of para-hydroxylation sites is 2. The average Bonchev–Trinajstić information content (AvgIpc) is 2.49. The lowest BCUT2D eigenvalue weighted by molar-refractivity contribution is -0.121. The molecule has 1 aromatic rings. The Morgan fingerprint density at radius 3 is 2.95 bits per heavy atom. The fourth-order valence-electron chi connectivity index (χ4n) is 1.91. The Labute approximate surface area is 122 Å². The van der Waals surface area contributed by atoms with Crippen molar-refractivity contribution < 1.29 is 19.1 Å². The lowest BCUT2D eigenvalue weighted by Crippen LogP contribution is -2.48. The van der Waals surface area contributed by atoms with Crippen LogP contribution in [0.15, 0.2) is 24.3 Å². The van der Waals surface area contributed by atoms with E-state index in [4.69, 9.17) is 15.2 Å². The van der Waals surface area contributed by atoms with E-state index in [9.17, 15) is 9.59 Å². The molecule has 1 saturated heterocycles. The van der Waals surface area contributed by atoms with Crippen LogP contribution in [-0.4, -0.2) is 44.2 Å². The summed E-state index contributed by atoms with van der Waals surface area (Å²) in [6, 6.07) is 6.67. The van der Waals surface area contributed by atoms with E-state index < -0.39 is 5.91 Å². The fourth-order valence-corrected chi connectivity index (χ4v) is 1.91. The quantitative estimate of drug-likeness (QED) is 0.678. The predicted octanol–water partition coefficient (Wildman–Crippen LogP) is -0.132. The number of rotatable bonds is 6. The summed E-state index contributed by atoms with van der Waals surface area (Å²) >= 11 is 0. The summed E-state index contributed by atoms with van der Waals surface area (Å²) in [6.45, 7) is 1.77. The van der Waals surface area contributed by atoms with E-state index in [2.05, 4.69) is 10.6 Å². The van der Waals surface area contributed by atoms with E-state index >= 15 is 0 Å². The third-order valence-electron chi connectivity index (χ3n) is 2.99. The lowest BCUT2D eigenvalue weighted by atomic mass is 10.2. The molecule has 1 fully saturated rings. The fraction of sp³-hybridized carbons (Fsp3) is 0.429. The van der Waals surface area contributed by atoms with Gasteiger partial charge in [-0.05, 0) is 12.1 Å². The van der Waals surface area contributed by atoms with Crippen LogP contribution in [0.25, 0.3) is 0 Å². The van der Waals surface area contributed by atoms with Crippen molar-refractivity contribution in [1.29, 1.82) is 0 Å². The molecule has 21 heavy (non-hydrogen) atoms. The average molecular weight is 293 g/mol. The predicted molar refractivity (Wildman–Crippen MR) is 77.0 cm³/mol. The third-order valence-corrected chi connectivity index (χ3v) is 2.99. The molecule has 0 saturated carbocycles. The van der Waals surface area contributed by atoms with E-state index in [-0.39, 0.29) is 25.0 Å². The molecule has 7 nitrogen and oxygen atoms in total. The minimum Gasteiger partial charge on any atom is -0.491 e. The highest BCUT2D eigenvalue weighted by Gasteiger charge is 2.21. The van der Waals surface area contributed by atoms with Gasteiger partial charge in [0.05, 0.1) is 31.9 Å². The van der Waals surface area contributed by atoms with Gasteiger partial charge >= 0.3 is 0 Å². The number of morpholine rings is 1. The van der Waals surface area contributed by atoms with Crippen molar-refractivity contribution in [2.75, 3.05) is 31.7 Å². The molecular formula is C14H19N3O4. The first-order valence-corrected chi connectivity index (χ1v) is 6.79. The van der Waals surface area contributed by atoms with Gasteiger partial charge in [-0.3, -0.25) is 9.59 Å². The molecule has 1 atom stereocenters. The van der Waals surface area contributed by atoms with Crippen molar-refractivity contribution in [1.82, 2.24) is 5.32 Å². The minimum absolute atomic E-state index is 0.125. The third kappa shape index (κ3) is 4.73. The summed E-state index contributed by atoms with van der Waals surface area (Å²) in [6.07, 6.45) is 0.125. The van der Waals surface area contributed by atoms with E-state index in [1.807, 2.05) is 0 Å². The van der Waals surface area contributed by atoms with Gasteiger partial charge in [0, 0.05) is 6.54 Å². The first-order valence-electron chi connectivity index (χ1n) is 6.79. The zero-order valence-corrected chi connectivity index (χ0v) is 11.6. The molecule has 1 aromatic carbocycles. The molecule has 1 aliphatic rings. The van der Waals surface area contributed by atoms with Crippen LogP contribution < -0.4 is 21.1 Å². The molecule has 2 amide bonds. The van der Waals surface area contributed by atoms with Crippen LogP contribution in [0.4, 0.5) is 5.69 Å². The van der Waals surface area contributed by atoms with Gasteiger partial charge in [-0.2, -0.15) is 0 Å². The lowest BCUT2D eigenvalue weighted by Gasteiger charge is -2.23. The minimum atomic E-state index is -0.430. The van der Waals surface area contributed by atoms with Gasteiger partial charge in [-0.15, -0.1) is 0 Å². The standard InChI is InChI=1S/C14H19N3O4/c15-13(18)5-7-21-12-4-2-1-3-10(12)17-14(19)11-9-20-8-6-16-11/h1-4,11,16H,5-9H2,(H2,15,18)(H,17,19). The number of nitrogens with two attached hydrogens (primary N) is 1. The highest BCUT2D eigenvalue weighted by molar-refractivity contribution is 5.96. The van der Waals surface area contributed by atoms with E-state index in [1.54, 1.807) is 24.3 Å². The van der Waals surface area contributed by atoms with E-state index in [0.29, 0.717) is 31.2 Å². The van der Waals surface area contributed by atoms with Gasteiger partial charge in [0.1, 0.15) is 11.8 Å². The van der Waals surface area contributed by atoms with Crippen LogP contribution in [0.5, 0.6) is 5.75 Å². The summed E-state index contributed by atoms with van der Waals surface area (Å²) in [7, 11) is 0. The van der Waals surface area contributed by atoms with Crippen LogP contribution in [0.2, 0.25) is 0 Å². The van der Waals surface area contributed by atoms with Gasteiger partial charge in [-0.1, -0.05) is 12.1 Å². The van der Waals surface area contributed by atoms with Gasteiger partial charge < -0.3 is 25.8 Å². The Morgan fingerprint density at radius 2 is 2.24 bits per heavy atom. The Hall–Kier alpha value is -2.12. The summed E-state index contributed by atoms with van der Waals surface area (Å²) in [5.41, 5.74) is 5.62. The van der Waals surface area contributed by atoms with Crippen molar-refractivity contribution in [3.05, 3.63) is 24.3 Å². The maximum Gasteiger partial charge on any atom is 0.244 e. The molecule has 4 N–H and O–H groups in total. The van der Waals surface area contributed by atoms with E-state index in [1.165, 1.54) is 0 Å². The number of anilines is 1. The summed E-state index contributed by atoms with van der Waals surface area (Å²) in [5.74, 6) is -0.107. The van der Waals surface area contributed by atoms with Crippen molar-refractivity contribution in [2.24, 2.45) is 5.73 Å². The van der Waals surface area contributed by atoms with Crippen molar-refractivity contribution in [3.63, 3.8) is 0 Å². The number of primary amides is 1. The normalized spacial score (nSPS) is 18.0. The second-order valence-corrected chi connectivity index (χ2v) is 4.63. The molecule has 2 rings (SSSR count).